The molecule has 3 atom stereocenters. The molecule has 3 rings (SSSR count). The summed E-state index contributed by atoms with van der Waals surface area (Å²) < 4.78 is 0. The minimum absolute atomic E-state index is 0.131. The van der Waals surface area contributed by atoms with Crippen LogP contribution in [0, 0.1) is 5.92 Å². The number of carbonyl (C=O) groups is 3. The first-order valence-corrected chi connectivity index (χ1v) is 11.2. The summed E-state index contributed by atoms with van der Waals surface area (Å²) in [5, 5.41) is 11.4. The van der Waals surface area contributed by atoms with Gasteiger partial charge in [-0.05, 0) is 50.1 Å². The topological polar surface area (TPSA) is 115 Å². The van der Waals surface area contributed by atoms with E-state index in [0.29, 0.717) is 17.9 Å². The minimum Gasteiger partial charge on any atom is -0.343 e. The fourth-order valence-corrected chi connectivity index (χ4v) is 3.75. The zero-order valence-corrected chi connectivity index (χ0v) is 19.5. The molecule has 4 N–H and O–H groups in total. The summed E-state index contributed by atoms with van der Waals surface area (Å²) >= 11 is 0. The summed E-state index contributed by atoms with van der Waals surface area (Å²) in [5.74, 6) is -0.0520. The van der Waals surface area contributed by atoms with Gasteiger partial charge in [0.1, 0.15) is 11.9 Å². The van der Waals surface area contributed by atoms with Crippen LogP contribution >= 0.6 is 0 Å². The Bertz CT molecular complexity index is 981. The molecule has 2 heterocycles. The number of fused-ring (bicyclic) bond motifs is 1. The molecule has 0 bridgehead atoms. The lowest BCUT2D eigenvalue weighted by Crippen LogP contribution is -2.57. The molecule has 0 fully saturated rings. The zero-order valence-electron chi connectivity index (χ0n) is 19.5. The van der Waals surface area contributed by atoms with Crippen molar-refractivity contribution in [2.75, 3.05) is 23.8 Å². The lowest BCUT2D eigenvalue weighted by atomic mass is 10.0. The fraction of sp³-hybridized carbons (Fsp3) is 0.417. The Labute approximate surface area is 194 Å². The Morgan fingerprint density at radius 2 is 1.82 bits per heavy atom. The van der Waals surface area contributed by atoms with Crippen molar-refractivity contribution >= 4 is 29.4 Å². The molecule has 1 aliphatic heterocycles. The molecule has 1 aromatic carbocycles. The number of nitrogens with one attached hydrogen (secondary N) is 4. The molecule has 0 aliphatic carbocycles. The number of hydrogen-bond donors (Lipinski definition) is 4. The van der Waals surface area contributed by atoms with Gasteiger partial charge in [0.05, 0.1) is 12.1 Å². The van der Waals surface area contributed by atoms with Crippen LogP contribution in [0.2, 0.25) is 0 Å². The molecule has 33 heavy (non-hydrogen) atoms. The molecule has 2 aromatic rings. The first kappa shape index (κ1) is 24.2. The lowest BCUT2D eigenvalue weighted by Gasteiger charge is -2.31. The number of likely N-dealkylation sites (N-methyl/N-ethyl adjacent to an activating group) is 1. The summed E-state index contributed by atoms with van der Waals surface area (Å²) in [6.07, 6.45) is 2.20. The van der Waals surface area contributed by atoms with Crippen molar-refractivity contribution < 1.29 is 14.4 Å². The average Bonchev–Trinajstić information content (AvgIpc) is 3.19. The van der Waals surface area contributed by atoms with E-state index in [2.05, 4.69) is 26.3 Å². The molecule has 176 valence electrons. The number of amides is 4. The molecule has 0 saturated carbocycles. The molecule has 0 radical (unpaired) electrons. The molecular weight excluding hydrogens is 420 g/mol. The van der Waals surface area contributed by atoms with Crippen LogP contribution < -0.4 is 26.2 Å². The third kappa shape index (κ3) is 5.87. The average molecular weight is 453 g/mol. The van der Waals surface area contributed by atoms with E-state index in [1.165, 1.54) is 0 Å². The second kappa shape index (κ2) is 10.9. The number of hydrogen-bond acceptors (Lipinski definition) is 5. The van der Waals surface area contributed by atoms with Crippen LogP contribution in [0.3, 0.4) is 0 Å². The summed E-state index contributed by atoms with van der Waals surface area (Å²) in [6, 6.07) is 11.1. The van der Waals surface area contributed by atoms with Gasteiger partial charge in [0.25, 0.3) is 5.91 Å². The molecule has 2 unspecified atom stereocenters. The van der Waals surface area contributed by atoms with Gasteiger partial charge < -0.3 is 21.3 Å². The molecular formula is C24H32N6O3. The highest BCUT2D eigenvalue weighted by atomic mass is 16.2. The standard InChI is InChI=1S/C24H32N6O3/c1-15(2)20(29-22(31)16(3)25-4)23(32)30-19(13-17-9-8-12-26-21(17)30)14-27-24(33)28-18-10-6-5-7-11-18/h5-12,15-16,19-20,25H,13-14H2,1-4H3,(H,29,31)(H2,27,28,33)/t16?,19?,20-/m0/s1. The maximum Gasteiger partial charge on any atom is 0.319 e. The number of aromatic nitrogens is 1. The van der Waals surface area contributed by atoms with Gasteiger partial charge in [-0.2, -0.15) is 0 Å². The zero-order chi connectivity index (χ0) is 24.0. The smallest absolute Gasteiger partial charge is 0.319 e. The number of benzene rings is 1. The summed E-state index contributed by atoms with van der Waals surface area (Å²) in [6.45, 7) is 5.76. The van der Waals surface area contributed by atoms with Crippen LogP contribution in [-0.4, -0.2) is 54.5 Å². The number of urea groups is 1. The van der Waals surface area contributed by atoms with E-state index in [1.54, 1.807) is 37.2 Å². The maximum atomic E-state index is 13.7. The van der Waals surface area contributed by atoms with E-state index in [0.717, 1.165) is 5.56 Å². The van der Waals surface area contributed by atoms with Crippen LogP contribution in [0.1, 0.15) is 26.3 Å². The highest BCUT2D eigenvalue weighted by molar-refractivity contribution is 6.01. The monoisotopic (exact) mass is 452 g/mol. The number of nitrogens with zero attached hydrogens (tertiary/aromatic N) is 2. The second-order valence-corrected chi connectivity index (χ2v) is 8.49. The number of para-hydroxylation sites is 1. The SMILES string of the molecule is CNC(C)C(=O)N[C@H](C(=O)N1c2ncccc2CC1CNC(=O)Nc1ccccc1)C(C)C. The third-order valence-corrected chi connectivity index (χ3v) is 5.74. The van der Waals surface area contributed by atoms with E-state index in [9.17, 15) is 14.4 Å². The lowest BCUT2D eigenvalue weighted by molar-refractivity contribution is -0.129. The number of pyridine rings is 1. The van der Waals surface area contributed by atoms with Crippen LogP contribution in [0.25, 0.3) is 0 Å². The Morgan fingerprint density at radius 3 is 2.48 bits per heavy atom. The number of carbonyl (C=O) groups excluding carboxylic acids is 3. The molecule has 9 nitrogen and oxygen atoms in total. The highest BCUT2D eigenvalue weighted by Crippen LogP contribution is 2.31. The molecule has 0 saturated heterocycles. The van der Waals surface area contributed by atoms with Gasteiger partial charge in [-0.15, -0.1) is 0 Å². The highest BCUT2D eigenvalue weighted by Gasteiger charge is 2.39. The van der Waals surface area contributed by atoms with Crippen molar-refractivity contribution in [1.82, 2.24) is 20.9 Å². The summed E-state index contributed by atoms with van der Waals surface area (Å²) in [4.78, 5) is 44.6. The Kier molecular flexibility index (Phi) is 8.00. The van der Waals surface area contributed by atoms with Crippen molar-refractivity contribution in [2.24, 2.45) is 5.92 Å². The van der Waals surface area contributed by atoms with Crippen LogP contribution in [0.15, 0.2) is 48.7 Å². The van der Waals surface area contributed by atoms with Crippen molar-refractivity contribution in [2.45, 2.75) is 45.3 Å². The fourth-order valence-electron chi connectivity index (χ4n) is 3.75. The normalized spacial score (nSPS) is 16.6. The maximum absolute atomic E-state index is 13.7. The van der Waals surface area contributed by atoms with Gasteiger partial charge >= 0.3 is 6.03 Å². The molecule has 1 aromatic heterocycles. The Morgan fingerprint density at radius 1 is 1.09 bits per heavy atom. The number of rotatable bonds is 8. The molecule has 1 aliphatic rings. The molecule has 4 amide bonds. The second-order valence-electron chi connectivity index (χ2n) is 8.49. The first-order valence-electron chi connectivity index (χ1n) is 11.2. The van der Waals surface area contributed by atoms with Crippen molar-refractivity contribution in [3.8, 4) is 0 Å². The van der Waals surface area contributed by atoms with Gasteiger partial charge in [0.2, 0.25) is 5.91 Å². The van der Waals surface area contributed by atoms with Gasteiger partial charge in [-0.3, -0.25) is 14.5 Å². The van der Waals surface area contributed by atoms with E-state index < -0.39 is 12.1 Å². The molecule has 9 heteroatoms. The van der Waals surface area contributed by atoms with E-state index >= 15 is 0 Å². The minimum atomic E-state index is -0.720. The summed E-state index contributed by atoms with van der Waals surface area (Å²) in [7, 11) is 1.69. The quantitative estimate of drug-likeness (QED) is 0.488. The third-order valence-electron chi connectivity index (χ3n) is 5.74. The first-order chi connectivity index (χ1) is 15.8. The van der Waals surface area contributed by atoms with Crippen LogP contribution in [-0.2, 0) is 16.0 Å². The summed E-state index contributed by atoms with van der Waals surface area (Å²) in [5.41, 5.74) is 1.61. The predicted octanol–water partition coefficient (Wildman–Crippen LogP) is 1.91. The van der Waals surface area contributed by atoms with Crippen molar-refractivity contribution in [3.05, 3.63) is 54.2 Å². The van der Waals surface area contributed by atoms with E-state index in [4.69, 9.17) is 0 Å². The van der Waals surface area contributed by atoms with E-state index in [-0.39, 0.29) is 36.3 Å². The van der Waals surface area contributed by atoms with Gasteiger partial charge in [0, 0.05) is 18.4 Å². The Hall–Kier alpha value is -3.46. The van der Waals surface area contributed by atoms with Crippen LogP contribution in [0.5, 0.6) is 0 Å². The van der Waals surface area contributed by atoms with Crippen molar-refractivity contribution in [3.63, 3.8) is 0 Å². The van der Waals surface area contributed by atoms with Gasteiger partial charge in [-0.25, -0.2) is 9.78 Å². The Balaban J connectivity index is 1.76. The van der Waals surface area contributed by atoms with Gasteiger partial charge in [-0.1, -0.05) is 38.1 Å². The van der Waals surface area contributed by atoms with E-state index in [1.807, 2.05) is 44.2 Å². The largest absolute Gasteiger partial charge is 0.343 e. The molecule has 0 spiro atoms. The van der Waals surface area contributed by atoms with Crippen LogP contribution in [0.4, 0.5) is 16.3 Å². The number of anilines is 2. The van der Waals surface area contributed by atoms with Crippen molar-refractivity contribution in [1.29, 1.82) is 0 Å². The predicted molar refractivity (Wildman–Crippen MR) is 128 cm³/mol. The van der Waals surface area contributed by atoms with Gasteiger partial charge in [0.15, 0.2) is 0 Å².